The molecular formula is C8H21N2+. The van der Waals surface area contributed by atoms with E-state index in [0.29, 0.717) is 0 Å². The molecule has 4 N–H and O–H groups in total. The molecule has 0 unspecified atom stereocenters. The van der Waals surface area contributed by atoms with Crippen LogP contribution in [0.2, 0.25) is 0 Å². The van der Waals surface area contributed by atoms with Crippen molar-refractivity contribution in [1.82, 2.24) is 5.32 Å². The molecule has 0 rings (SSSR count). The summed E-state index contributed by atoms with van der Waals surface area (Å²) in [4.78, 5) is 0. The highest BCUT2D eigenvalue weighted by Crippen LogP contribution is 1.95. The Bertz CT molecular complexity index is 47.2. The van der Waals surface area contributed by atoms with E-state index in [0.717, 1.165) is 13.1 Å². The zero-order valence-corrected chi connectivity index (χ0v) is 7.16. The van der Waals surface area contributed by atoms with Crippen LogP contribution in [-0.4, -0.2) is 19.6 Å². The van der Waals surface area contributed by atoms with Gasteiger partial charge in [-0.3, -0.25) is 0 Å². The van der Waals surface area contributed by atoms with Crippen LogP contribution in [0.25, 0.3) is 0 Å². The van der Waals surface area contributed by atoms with E-state index in [-0.39, 0.29) is 0 Å². The lowest BCUT2D eigenvalue weighted by atomic mass is 10.2. The molecule has 10 heavy (non-hydrogen) atoms. The number of rotatable bonds is 7. The standard InChI is InChI=1S/C8H20N2/c1-2-10-8-6-4-3-5-7-9/h10H,2-9H2,1H3/p+1. The van der Waals surface area contributed by atoms with Crippen molar-refractivity contribution < 1.29 is 5.73 Å². The molecule has 0 aliphatic rings. The largest absolute Gasteiger partial charge is 0.358 e. The van der Waals surface area contributed by atoms with Crippen LogP contribution in [0.3, 0.4) is 0 Å². The number of hydrogen-bond acceptors (Lipinski definition) is 1. The third kappa shape index (κ3) is 7.92. The molecule has 0 saturated carbocycles. The van der Waals surface area contributed by atoms with Gasteiger partial charge in [-0.1, -0.05) is 13.3 Å². The minimum atomic E-state index is 1.10. The molecule has 0 aliphatic heterocycles. The van der Waals surface area contributed by atoms with Crippen LogP contribution in [0.1, 0.15) is 32.6 Å². The second kappa shape index (κ2) is 8.92. The van der Waals surface area contributed by atoms with Gasteiger partial charge in [0.15, 0.2) is 0 Å². The van der Waals surface area contributed by atoms with E-state index in [1.807, 2.05) is 0 Å². The lowest BCUT2D eigenvalue weighted by Gasteiger charge is -1.99. The third-order valence-electron chi connectivity index (χ3n) is 1.60. The maximum absolute atomic E-state index is 3.80. The number of quaternary nitrogens is 1. The van der Waals surface area contributed by atoms with Crippen molar-refractivity contribution in [2.75, 3.05) is 19.6 Å². The van der Waals surface area contributed by atoms with E-state index in [9.17, 15) is 0 Å². The fraction of sp³-hybridized carbons (Fsp3) is 1.00. The van der Waals surface area contributed by atoms with Crippen molar-refractivity contribution in [2.24, 2.45) is 0 Å². The summed E-state index contributed by atoms with van der Waals surface area (Å²) in [6.45, 7) is 5.54. The van der Waals surface area contributed by atoms with E-state index in [1.54, 1.807) is 0 Å². The van der Waals surface area contributed by atoms with E-state index in [4.69, 9.17) is 0 Å². The minimum Gasteiger partial charge on any atom is -0.358 e. The van der Waals surface area contributed by atoms with Crippen LogP contribution in [0.5, 0.6) is 0 Å². The zero-order chi connectivity index (χ0) is 7.66. The van der Waals surface area contributed by atoms with Gasteiger partial charge in [0.25, 0.3) is 0 Å². The monoisotopic (exact) mass is 145 g/mol. The normalized spacial score (nSPS) is 10.2. The molecule has 0 heterocycles. The second-order valence-corrected chi connectivity index (χ2v) is 2.62. The van der Waals surface area contributed by atoms with E-state index in [2.05, 4.69) is 18.0 Å². The van der Waals surface area contributed by atoms with Gasteiger partial charge < -0.3 is 11.1 Å². The summed E-state index contributed by atoms with van der Waals surface area (Å²) in [6, 6.07) is 0. The van der Waals surface area contributed by atoms with Crippen LogP contribution in [0, 0.1) is 0 Å². The van der Waals surface area contributed by atoms with Gasteiger partial charge in [0.1, 0.15) is 0 Å². The Hall–Kier alpha value is -0.0800. The average molecular weight is 145 g/mol. The van der Waals surface area contributed by atoms with Crippen LogP contribution in [0.4, 0.5) is 0 Å². The molecule has 0 bridgehead atoms. The van der Waals surface area contributed by atoms with Gasteiger partial charge in [-0.15, -0.1) is 0 Å². The lowest BCUT2D eigenvalue weighted by Crippen LogP contribution is -2.50. The van der Waals surface area contributed by atoms with Gasteiger partial charge in [-0.2, -0.15) is 0 Å². The summed E-state index contributed by atoms with van der Waals surface area (Å²) in [6.07, 6.45) is 5.34. The molecule has 0 radical (unpaired) electrons. The SMILES string of the molecule is CCNCCCCCC[NH3+]. The first-order valence-electron chi connectivity index (χ1n) is 4.41. The smallest absolute Gasteiger partial charge is 0.0739 e. The quantitative estimate of drug-likeness (QED) is 0.500. The lowest BCUT2D eigenvalue weighted by molar-refractivity contribution is -0.368. The van der Waals surface area contributed by atoms with Gasteiger partial charge in [0.05, 0.1) is 6.54 Å². The maximum Gasteiger partial charge on any atom is 0.0739 e. The molecular weight excluding hydrogens is 124 g/mol. The number of nitrogens with one attached hydrogen (secondary N) is 1. The maximum atomic E-state index is 3.80. The van der Waals surface area contributed by atoms with Crippen LogP contribution in [0.15, 0.2) is 0 Å². The molecule has 0 aromatic carbocycles. The van der Waals surface area contributed by atoms with Crippen molar-refractivity contribution in [2.45, 2.75) is 32.6 Å². The second-order valence-electron chi connectivity index (χ2n) is 2.62. The summed E-state index contributed by atoms with van der Waals surface area (Å²) in [5, 5.41) is 3.31. The Morgan fingerprint density at radius 2 is 1.80 bits per heavy atom. The Balaban J connectivity index is 2.65. The van der Waals surface area contributed by atoms with E-state index < -0.39 is 0 Å². The van der Waals surface area contributed by atoms with Gasteiger partial charge in [-0.05, 0) is 32.4 Å². The predicted molar refractivity (Wildman–Crippen MR) is 44.8 cm³/mol. The van der Waals surface area contributed by atoms with E-state index in [1.165, 1.54) is 32.2 Å². The molecule has 2 nitrogen and oxygen atoms in total. The first-order chi connectivity index (χ1) is 4.91. The van der Waals surface area contributed by atoms with Crippen molar-refractivity contribution in [3.05, 3.63) is 0 Å². The van der Waals surface area contributed by atoms with Crippen molar-refractivity contribution in [1.29, 1.82) is 0 Å². The van der Waals surface area contributed by atoms with Crippen molar-refractivity contribution in [3.63, 3.8) is 0 Å². The highest BCUT2D eigenvalue weighted by atomic mass is 14.8. The molecule has 0 aromatic heterocycles. The Kier molecular flexibility index (Phi) is 8.85. The van der Waals surface area contributed by atoms with Crippen LogP contribution >= 0.6 is 0 Å². The van der Waals surface area contributed by atoms with Crippen LogP contribution in [-0.2, 0) is 0 Å². The molecule has 0 aliphatic carbocycles. The molecule has 62 valence electrons. The topological polar surface area (TPSA) is 39.7 Å². The average Bonchev–Trinajstić information content (AvgIpc) is 1.97. The highest BCUT2D eigenvalue weighted by molar-refractivity contribution is 4.45. The van der Waals surface area contributed by atoms with Crippen molar-refractivity contribution in [3.8, 4) is 0 Å². The molecule has 0 spiro atoms. The molecule has 0 amide bonds. The van der Waals surface area contributed by atoms with Gasteiger partial charge in [0, 0.05) is 0 Å². The summed E-state index contributed by atoms with van der Waals surface area (Å²) < 4.78 is 0. The Labute approximate surface area is 64.2 Å². The summed E-state index contributed by atoms with van der Waals surface area (Å²) in [5.41, 5.74) is 3.80. The molecule has 2 heteroatoms. The first kappa shape index (κ1) is 9.92. The summed E-state index contributed by atoms with van der Waals surface area (Å²) >= 11 is 0. The molecule has 0 atom stereocenters. The third-order valence-corrected chi connectivity index (χ3v) is 1.60. The fourth-order valence-electron chi connectivity index (χ4n) is 0.957. The number of unbranched alkanes of at least 4 members (excludes halogenated alkanes) is 3. The molecule has 0 saturated heterocycles. The van der Waals surface area contributed by atoms with Gasteiger partial charge >= 0.3 is 0 Å². The first-order valence-corrected chi connectivity index (χ1v) is 4.41. The van der Waals surface area contributed by atoms with Crippen LogP contribution < -0.4 is 11.1 Å². The number of hydrogen-bond donors (Lipinski definition) is 2. The Morgan fingerprint density at radius 1 is 1.10 bits per heavy atom. The van der Waals surface area contributed by atoms with Gasteiger partial charge in [0.2, 0.25) is 0 Å². The highest BCUT2D eigenvalue weighted by Gasteiger charge is 1.87. The summed E-state index contributed by atoms with van der Waals surface area (Å²) in [7, 11) is 0. The molecule has 0 aromatic rings. The minimum absolute atomic E-state index is 1.10. The van der Waals surface area contributed by atoms with Gasteiger partial charge in [-0.25, -0.2) is 0 Å². The van der Waals surface area contributed by atoms with E-state index >= 15 is 0 Å². The zero-order valence-electron chi connectivity index (χ0n) is 7.16. The van der Waals surface area contributed by atoms with Crippen molar-refractivity contribution >= 4 is 0 Å². The molecule has 0 fully saturated rings. The fourth-order valence-corrected chi connectivity index (χ4v) is 0.957. The summed E-state index contributed by atoms with van der Waals surface area (Å²) in [5.74, 6) is 0. The predicted octanol–water partition coefficient (Wildman–Crippen LogP) is 0.398. The Morgan fingerprint density at radius 3 is 2.40 bits per heavy atom.